The molecule has 134 valence electrons. The van der Waals surface area contributed by atoms with Crippen molar-refractivity contribution in [2.45, 2.75) is 45.0 Å². The Bertz CT molecular complexity index is 682. The number of aliphatic hydroxyl groups is 1. The Morgan fingerprint density at radius 2 is 2.08 bits per heavy atom. The van der Waals surface area contributed by atoms with Gasteiger partial charge in [0, 0.05) is 18.5 Å². The Kier molecular flexibility index (Phi) is 7.48. The standard InChI is InChI=1S/C16H22N4O2.2ClH/c1-2-20-13-6-4-3-5-12(13)19-15(20)9-18-16(22)10-7-11(17)14(21)8-10;;/h3-6,10-11,14,21H,2,7-9,17H2,1H3,(H,18,22);2*1H/t10-,11+,14+;;/m0../s1. The number of fused-ring (bicyclic) bond motifs is 1. The van der Waals surface area contributed by atoms with E-state index in [1.165, 1.54) is 0 Å². The fraction of sp³-hybridized carbons (Fsp3) is 0.500. The monoisotopic (exact) mass is 374 g/mol. The second-order valence-corrected chi connectivity index (χ2v) is 5.88. The van der Waals surface area contributed by atoms with Crippen LogP contribution >= 0.6 is 24.8 Å². The second-order valence-electron chi connectivity index (χ2n) is 5.88. The third-order valence-electron chi connectivity index (χ3n) is 4.42. The lowest BCUT2D eigenvalue weighted by molar-refractivity contribution is -0.125. The van der Waals surface area contributed by atoms with Gasteiger partial charge in [0.1, 0.15) is 5.82 Å². The van der Waals surface area contributed by atoms with Crippen molar-refractivity contribution in [3.63, 3.8) is 0 Å². The topological polar surface area (TPSA) is 93.2 Å². The van der Waals surface area contributed by atoms with Crippen LogP contribution in [0.3, 0.4) is 0 Å². The van der Waals surface area contributed by atoms with Gasteiger partial charge >= 0.3 is 0 Å². The fourth-order valence-corrected chi connectivity index (χ4v) is 3.19. The highest BCUT2D eigenvalue weighted by Gasteiger charge is 2.34. The number of nitrogens with two attached hydrogens (primary N) is 1. The first-order valence-corrected chi connectivity index (χ1v) is 7.75. The molecule has 1 amide bonds. The Hall–Kier alpha value is -1.34. The summed E-state index contributed by atoms with van der Waals surface area (Å²) in [6.07, 6.45) is 0.407. The molecule has 0 aliphatic heterocycles. The number of hydrogen-bond donors (Lipinski definition) is 3. The van der Waals surface area contributed by atoms with E-state index in [0.717, 1.165) is 23.4 Å². The van der Waals surface area contributed by atoms with E-state index in [1.54, 1.807) is 0 Å². The van der Waals surface area contributed by atoms with Gasteiger partial charge in [-0.15, -0.1) is 24.8 Å². The first-order valence-electron chi connectivity index (χ1n) is 7.75. The Morgan fingerprint density at radius 1 is 1.38 bits per heavy atom. The van der Waals surface area contributed by atoms with Crippen LogP contribution in [0.5, 0.6) is 0 Å². The molecule has 0 saturated heterocycles. The zero-order valence-corrected chi connectivity index (χ0v) is 15.1. The SMILES string of the molecule is CCn1c(CNC(=O)[C@H]2C[C@@H](N)[C@H](O)C2)nc2ccccc21.Cl.Cl. The maximum Gasteiger partial charge on any atom is 0.223 e. The molecule has 1 fully saturated rings. The Morgan fingerprint density at radius 3 is 2.71 bits per heavy atom. The van der Waals surface area contributed by atoms with E-state index in [1.807, 2.05) is 24.3 Å². The molecule has 4 N–H and O–H groups in total. The van der Waals surface area contributed by atoms with Crippen LogP contribution in [0.25, 0.3) is 11.0 Å². The first kappa shape index (κ1) is 20.7. The number of aliphatic hydroxyl groups excluding tert-OH is 1. The van der Waals surface area contributed by atoms with Crippen molar-refractivity contribution in [3.05, 3.63) is 30.1 Å². The van der Waals surface area contributed by atoms with Crippen LogP contribution in [0.1, 0.15) is 25.6 Å². The number of nitrogens with zero attached hydrogens (tertiary/aromatic N) is 2. The Labute approximate surface area is 153 Å². The summed E-state index contributed by atoms with van der Waals surface area (Å²) >= 11 is 0. The zero-order chi connectivity index (χ0) is 15.7. The lowest BCUT2D eigenvalue weighted by atomic mass is 10.1. The van der Waals surface area contributed by atoms with Crippen LogP contribution in [0.15, 0.2) is 24.3 Å². The number of aryl methyl sites for hydroxylation is 1. The van der Waals surface area contributed by atoms with E-state index in [4.69, 9.17) is 5.73 Å². The molecule has 0 radical (unpaired) electrons. The minimum absolute atomic E-state index is 0. The van der Waals surface area contributed by atoms with Crippen molar-refractivity contribution in [2.75, 3.05) is 0 Å². The summed E-state index contributed by atoms with van der Waals surface area (Å²) in [5.41, 5.74) is 7.78. The maximum atomic E-state index is 12.2. The molecule has 0 spiro atoms. The summed E-state index contributed by atoms with van der Waals surface area (Å²) in [4.78, 5) is 16.8. The average Bonchev–Trinajstić information content (AvgIpc) is 3.05. The highest BCUT2D eigenvalue weighted by Crippen LogP contribution is 2.25. The summed E-state index contributed by atoms with van der Waals surface area (Å²) in [5.74, 6) is 0.589. The normalized spacial score (nSPS) is 22.7. The highest BCUT2D eigenvalue weighted by atomic mass is 35.5. The molecule has 3 rings (SSSR count). The number of rotatable bonds is 4. The molecule has 1 heterocycles. The molecule has 24 heavy (non-hydrogen) atoms. The summed E-state index contributed by atoms with van der Waals surface area (Å²) in [5, 5.41) is 12.6. The minimum atomic E-state index is -0.573. The second kappa shape index (κ2) is 8.67. The molecule has 8 heteroatoms. The number of aromatic nitrogens is 2. The molecule has 6 nitrogen and oxygen atoms in total. The molecular formula is C16H24Cl2N4O2. The van der Waals surface area contributed by atoms with Gasteiger partial charge in [-0.25, -0.2) is 4.98 Å². The molecule has 1 aromatic heterocycles. The fourth-order valence-electron chi connectivity index (χ4n) is 3.19. The number of imidazole rings is 1. The molecule has 1 aliphatic rings. The van der Waals surface area contributed by atoms with Crippen molar-refractivity contribution < 1.29 is 9.90 Å². The highest BCUT2D eigenvalue weighted by molar-refractivity contribution is 5.85. The summed E-state index contributed by atoms with van der Waals surface area (Å²) in [6, 6.07) is 7.65. The molecule has 1 aromatic carbocycles. The van der Waals surface area contributed by atoms with Gasteiger partial charge in [0.25, 0.3) is 0 Å². The largest absolute Gasteiger partial charge is 0.391 e. The van der Waals surface area contributed by atoms with Crippen molar-refractivity contribution >= 4 is 41.8 Å². The molecule has 2 aromatic rings. The number of carbonyl (C=O) groups is 1. The van der Waals surface area contributed by atoms with E-state index < -0.39 is 6.10 Å². The molecule has 1 aliphatic carbocycles. The number of benzene rings is 1. The van der Waals surface area contributed by atoms with Gasteiger partial charge in [0.15, 0.2) is 0 Å². The van der Waals surface area contributed by atoms with E-state index in [9.17, 15) is 9.90 Å². The predicted octanol–water partition coefficient (Wildman–Crippen LogP) is 1.61. The average molecular weight is 375 g/mol. The summed E-state index contributed by atoms with van der Waals surface area (Å²) in [7, 11) is 0. The molecular weight excluding hydrogens is 351 g/mol. The van der Waals surface area contributed by atoms with Gasteiger partial charge in [-0.05, 0) is 31.9 Å². The van der Waals surface area contributed by atoms with Gasteiger partial charge < -0.3 is 20.7 Å². The number of hydrogen-bond acceptors (Lipinski definition) is 4. The lowest BCUT2D eigenvalue weighted by Gasteiger charge is -2.11. The zero-order valence-electron chi connectivity index (χ0n) is 13.5. The minimum Gasteiger partial charge on any atom is -0.391 e. The van der Waals surface area contributed by atoms with Crippen LogP contribution in [0, 0.1) is 5.92 Å². The third kappa shape index (κ3) is 4.00. The van der Waals surface area contributed by atoms with Gasteiger partial charge in [0.2, 0.25) is 5.91 Å². The quantitative estimate of drug-likeness (QED) is 0.757. The van der Waals surface area contributed by atoms with Crippen molar-refractivity contribution in [2.24, 2.45) is 11.7 Å². The lowest BCUT2D eigenvalue weighted by Crippen LogP contribution is -2.31. The van der Waals surface area contributed by atoms with Crippen molar-refractivity contribution in [1.29, 1.82) is 0 Å². The molecule has 3 atom stereocenters. The predicted molar refractivity (Wildman–Crippen MR) is 98.5 cm³/mol. The number of para-hydroxylation sites is 2. The first-order chi connectivity index (χ1) is 10.6. The van der Waals surface area contributed by atoms with Crippen molar-refractivity contribution in [1.82, 2.24) is 14.9 Å². The van der Waals surface area contributed by atoms with Gasteiger partial charge in [0.05, 0.1) is 23.7 Å². The van der Waals surface area contributed by atoms with E-state index in [-0.39, 0.29) is 42.7 Å². The number of halogens is 2. The number of amides is 1. The van der Waals surface area contributed by atoms with Crippen molar-refractivity contribution in [3.8, 4) is 0 Å². The molecule has 1 saturated carbocycles. The van der Waals surface area contributed by atoms with Crippen LogP contribution in [-0.2, 0) is 17.9 Å². The molecule has 0 bridgehead atoms. The van der Waals surface area contributed by atoms with E-state index in [0.29, 0.717) is 19.4 Å². The van der Waals surface area contributed by atoms with Crippen LogP contribution in [0.4, 0.5) is 0 Å². The van der Waals surface area contributed by atoms with E-state index >= 15 is 0 Å². The van der Waals surface area contributed by atoms with Gasteiger partial charge in [-0.3, -0.25) is 4.79 Å². The summed E-state index contributed by atoms with van der Waals surface area (Å²) in [6.45, 7) is 3.26. The maximum absolute atomic E-state index is 12.2. The van der Waals surface area contributed by atoms with Crippen LogP contribution in [0.2, 0.25) is 0 Å². The van der Waals surface area contributed by atoms with Crippen LogP contribution in [-0.4, -0.2) is 32.7 Å². The smallest absolute Gasteiger partial charge is 0.223 e. The Balaban J connectivity index is 0.00000144. The van der Waals surface area contributed by atoms with Crippen LogP contribution < -0.4 is 11.1 Å². The molecule has 0 unspecified atom stereocenters. The van der Waals surface area contributed by atoms with E-state index in [2.05, 4.69) is 21.8 Å². The third-order valence-corrected chi connectivity index (χ3v) is 4.42. The number of nitrogens with one attached hydrogen (secondary N) is 1. The summed E-state index contributed by atoms with van der Waals surface area (Å²) < 4.78 is 2.10. The van der Waals surface area contributed by atoms with Gasteiger partial charge in [-0.2, -0.15) is 0 Å². The van der Waals surface area contributed by atoms with Gasteiger partial charge in [-0.1, -0.05) is 12.1 Å². The number of carbonyl (C=O) groups excluding carboxylic acids is 1.